The lowest BCUT2D eigenvalue weighted by molar-refractivity contribution is -0.120. The average molecular weight is 536 g/mol. The van der Waals surface area contributed by atoms with Crippen molar-refractivity contribution in [1.29, 1.82) is 0 Å². The number of carbonyl (C=O) groups excluding carboxylic acids is 1. The molecule has 11 heteroatoms. The molecule has 8 nitrogen and oxygen atoms in total. The number of halogens is 2. The topological polar surface area (TPSA) is 97.3 Å². The van der Waals surface area contributed by atoms with Crippen molar-refractivity contribution in [3.05, 3.63) is 76.4 Å². The molecule has 1 N–H and O–H groups in total. The standard InChI is InChI=1S/C27H23F2N5O3S/c1-14-25(15(2)37-32-14)16-6-9-22-21(10-16)31-26(34(22)27-30-12-18(13-35)38-27)23-4-3-5-24(36)33(23)17-7-8-19(28)20(29)11-17/h6-12,23,35H,3-5,13H2,1-2H3. The molecule has 4 heterocycles. The van der Waals surface area contributed by atoms with Gasteiger partial charge in [-0.1, -0.05) is 22.6 Å². The maximum absolute atomic E-state index is 14.2. The molecule has 1 atom stereocenters. The molecule has 3 aromatic heterocycles. The van der Waals surface area contributed by atoms with E-state index >= 15 is 0 Å². The molecule has 194 valence electrons. The van der Waals surface area contributed by atoms with Crippen molar-refractivity contribution in [3.8, 4) is 16.3 Å². The Hall–Kier alpha value is -3.96. The zero-order valence-electron chi connectivity index (χ0n) is 20.6. The molecule has 1 fully saturated rings. The fourth-order valence-electron chi connectivity index (χ4n) is 5.12. The highest BCUT2D eigenvalue weighted by Gasteiger charge is 2.35. The van der Waals surface area contributed by atoms with Gasteiger partial charge in [-0.15, -0.1) is 0 Å². The van der Waals surface area contributed by atoms with Crippen LogP contribution in [0.25, 0.3) is 27.3 Å². The second kappa shape index (κ2) is 9.41. The summed E-state index contributed by atoms with van der Waals surface area (Å²) in [7, 11) is 0. The number of aliphatic hydroxyl groups is 1. The first-order valence-corrected chi connectivity index (χ1v) is 13.0. The van der Waals surface area contributed by atoms with Crippen molar-refractivity contribution in [2.24, 2.45) is 0 Å². The number of hydrogen-bond acceptors (Lipinski definition) is 7. The lowest BCUT2D eigenvalue weighted by Crippen LogP contribution is -2.39. The van der Waals surface area contributed by atoms with Gasteiger partial charge < -0.3 is 14.5 Å². The van der Waals surface area contributed by atoms with Crippen molar-refractivity contribution in [2.45, 2.75) is 45.8 Å². The van der Waals surface area contributed by atoms with Crippen LogP contribution < -0.4 is 4.90 Å². The number of anilines is 1. The fourth-order valence-corrected chi connectivity index (χ4v) is 5.91. The molecule has 0 saturated carbocycles. The smallest absolute Gasteiger partial charge is 0.227 e. The van der Waals surface area contributed by atoms with Crippen LogP contribution in [0.1, 0.15) is 47.5 Å². The number of imidazole rings is 1. The first kappa shape index (κ1) is 24.4. The van der Waals surface area contributed by atoms with Gasteiger partial charge in [0.25, 0.3) is 0 Å². The van der Waals surface area contributed by atoms with Gasteiger partial charge in [0.05, 0.1) is 34.3 Å². The molecule has 6 rings (SSSR count). The highest BCUT2D eigenvalue weighted by molar-refractivity contribution is 7.14. The summed E-state index contributed by atoms with van der Waals surface area (Å²) in [6, 6.07) is 8.76. The van der Waals surface area contributed by atoms with Crippen molar-refractivity contribution in [1.82, 2.24) is 19.7 Å². The Kier molecular flexibility index (Phi) is 6.04. The second-order valence-corrected chi connectivity index (χ2v) is 10.3. The number of thiazole rings is 1. The minimum absolute atomic E-state index is 0.154. The summed E-state index contributed by atoms with van der Waals surface area (Å²) >= 11 is 1.32. The minimum Gasteiger partial charge on any atom is -0.391 e. The highest BCUT2D eigenvalue weighted by Crippen LogP contribution is 2.40. The number of benzene rings is 2. The van der Waals surface area contributed by atoms with E-state index < -0.39 is 17.7 Å². The summed E-state index contributed by atoms with van der Waals surface area (Å²) < 4.78 is 35.2. The molecule has 0 spiro atoms. The van der Waals surface area contributed by atoms with Crippen molar-refractivity contribution in [2.75, 3.05) is 4.90 Å². The Morgan fingerprint density at radius 1 is 1.16 bits per heavy atom. The van der Waals surface area contributed by atoms with Crippen LogP contribution in [0.15, 0.2) is 47.1 Å². The highest BCUT2D eigenvalue weighted by atomic mass is 32.1. The first-order chi connectivity index (χ1) is 18.4. The monoisotopic (exact) mass is 535 g/mol. The molecule has 2 aromatic carbocycles. The summed E-state index contributed by atoms with van der Waals surface area (Å²) in [5.41, 5.74) is 4.23. The SMILES string of the molecule is Cc1noc(C)c1-c1ccc2c(c1)nc(C1CCCC(=O)N1c1ccc(F)c(F)c1)n2-c1ncc(CO)s1. The number of hydrogen-bond donors (Lipinski definition) is 1. The van der Waals surface area contributed by atoms with Gasteiger partial charge >= 0.3 is 0 Å². The lowest BCUT2D eigenvalue weighted by Gasteiger charge is -2.35. The molecule has 1 aliphatic rings. The van der Waals surface area contributed by atoms with Gasteiger partial charge in [-0.3, -0.25) is 9.36 Å². The van der Waals surface area contributed by atoms with Crippen LogP contribution in [0.4, 0.5) is 14.5 Å². The Morgan fingerprint density at radius 2 is 2.00 bits per heavy atom. The third-order valence-corrected chi connectivity index (χ3v) is 7.79. The summed E-state index contributed by atoms with van der Waals surface area (Å²) in [5, 5.41) is 14.3. The van der Waals surface area contributed by atoms with E-state index in [0.717, 1.165) is 34.5 Å². The van der Waals surface area contributed by atoms with E-state index in [1.54, 1.807) is 6.20 Å². The Bertz CT molecular complexity index is 1670. The minimum atomic E-state index is -1.02. The van der Waals surface area contributed by atoms with Gasteiger partial charge in [0.1, 0.15) is 11.6 Å². The molecule has 0 radical (unpaired) electrons. The predicted octanol–water partition coefficient (Wildman–Crippen LogP) is 5.78. The zero-order chi connectivity index (χ0) is 26.6. The van der Waals surface area contributed by atoms with E-state index in [1.165, 1.54) is 22.3 Å². The number of nitrogens with zero attached hydrogens (tertiary/aromatic N) is 5. The number of aryl methyl sites for hydroxylation is 2. The van der Waals surface area contributed by atoms with E-state index in [1.807, 2.05) is 36.6 Å². The molecule has 0 bridgehead atoms. The number of fused-ring (bicyclic) bond motifs is 1. The molecule has 5 aromatic rings. The maximum atomic E-state index is 14.2. The van der Waals surface area contributed by atoms with Crippen LogP contribution in [0.5, 0.6) is 0 Å². The largest absolute Gasteiger partial charge is 0.391 e. The Balaban J connectivity index is 1.56. The lowest BCUT2D eigenvalue weighted by atomic mass is 9.99. The molecule has 0 aliphatic carbocycles. The number of carbonyl (C=O) groups is 1. The van der Waals surface area contributed by atoms with Gasteiger partial charge in [0, 0.05) is 29.9 Å². The van der Waals surface area contributed by atoms with E-state index in [0.29, 0.717) is 40.0 Å². The summed E-state index contributed by atoms with van der Waals surface area (Å²) in [5.74, 6) is -0.959. The molecule has 1 unspecified atom stereocenters. The molecular formula is C27H23F2N5O3S. The van der Waals surface area contributed by atoms with Gasteiger partial charge in [-0.2, -0.15) is 0 Å². The maximum Gasteiger partial charge on any atom is 0.227 e. The number of aliphatic hydroxyl groups excluding tert-OH is 1. The van der Waals surface area contributed by atoms with E-state index in [2.05, 4.69) is 10.1 Å². The molecular weight excluding hydrogens is 512 g/mol. The van der Waals surface area contributed by atoms with Crippen LogP contribution in [-0.2, 0) is 11.4 Å². The van der Waals surface area contributed by atoms with Crippen LogP contribution in [-0.4, -0.2) is 30.7 Å². The fraction of sp³-hybridized carbons (Fsp3) is 0.259. The summed E-state index contributed by atoms with van der Waals surface area (Å²) in [4.78, 5) is 24.9. The van der Waals surface area contributed by atoms with Crippen LogP contribution >= 0.6 is 11.3 Å². The Labute approximate surface area is 220 Å². The zero-order valence-corrected chi connectivity index (χ0v) is 21.4. The molecule has 1 saturated heterocycles. The quantitative estimate of drug-likeness (QED) is 0.306. The Morgan fingerprint density at radius 3 is 2.71 bits per heavy atom. The summed E-state index contributed by atoms with van der Waals surface area (Å²) in [6.07, 6.45) is 3.09. The van der Waals surface area contributed by atoms with Crippen LogP contribution in [0.3, 0.4) is 0 Å². The van der Waals surface area contributed by atoms with Crippen molar-refractivity contribution >= 4 is 34.0 Å². The third kappa shape index (κ3) is 3.98. The normalized spacial score (nSPS) is 16.1. The predicted molar refractivity (Wildman–Crippen MR) is 138 cm³/mol. The van der Waals surface area contributed by atoms with Crippen molar-refractivity contribution in [3.63, 3.8) is 0 Å². The van der Waals surface area contributed by atoms with E-state index in [4.69, 9.17) is 9.51 Å². The van der Waals surface area contributed by atoms with Gasteiger partial charge in [-0.25, -0.2) is 18.7 Å². The van der Waals surface area contributed by atoms with Gasteiger partial charge in [0.15, 0.2) is 16.8 Å². The van der Waals surface area contributed by atoms with Gasteiger partial charge in [-0.05, 0) is 56.5 Å². The molecule has 38 heavy (non-hydrogen) atoms. The molecule has 1 amide bonds. The second-order valence-electron chi connectivity index (χ2n) is 9.25. The number of aromatic nitrogens is 4. The van der Waals surface area contributed by atoms with E-state index in [-0.39, 0.29) is 24.6 Å². The summed E-state index contributed by atoms with van der Waals surface area (Å²) in [6.45, 7) is 3.57. The van der Waals surface area contributed by atoms with Crippen molar-refractivity contribution < 1.29 is 23.2 Å². The average Bonchev–Trinajstić information content (AvgIpc) is 3.61. The van der Waals surface area contributed by atoms with Crippen LogP contribution in [0.2, 0.25) is 0 Å². The number of rotatable bonds is 5. The van der Waals surface area contributed by atoms with E-state index in [9.17, 15) is 18.7 Å². The third-order valence-electron chi connectivity index (χ3n) is 6.82. The first-order valence-electron chi connectivity index (χ1n) is 12.1. The number of piperidine rings is 1. The van der Waals surface area contributed by atoms with Crippen LogP contribution in [0, 0.1) is 25.5 Å². The van der Waals surface area contributed by atoms with Gasteiger partial charge in [0.2, 0.25) is 5.91 Å². The number of amides is 1. The molecule has 1 aliphatic heterocycles.